The van der Waals surface area contributed by atoms with Crippen LogP contribution in [0.3, 0.4) is 0 Å². The van der Waals surface area contributed by atoms with Gasteiger partial charge in [-0.05, 0) is 18.9 Å². The number of nitrogens with zero attached hydrogens (tertiary/aromatic N) is 3. The van der Waals surface area contributed by atoms with Crippen molar-refractivity contribution in [2.24, 2.45) is 0 Å². The molecular formula is C12H11F4N3. The van der Waals surface area contributed by atoms with Gasteiger partial charge in [0.25, 0.3) is 0 Å². The van der Waals surface area contributed by atoms with E-state index in [1.54, 1.807) is 4.90 Å². The van der Waals surface area contributed by atoms with Crippen LogP contribution in [0.5, 0.6) is 0 Å². The zero-order valence-electron chi connectivity index (χ0n) is 9.91. The standard InChI is InChI=1S/C12H11F4N3/c13-8-1-3-19(4-2-8)9-5-10(12(14,15)16)11(6-17)18-7-9/h5,7-8H,1-4H2. The normalized spacial score (nSPS) is 17.3. The van der Waals surface area contributed by atoms with Crippen LogP contribution in [0.2, 0.25) is 0 Å². The number of rotatable bonds is 1. The van der Waals surface area contributed by atoms with Gasteiger partial charge in [-0.15, -0.1) is 0 Å². The van der Waals surface area contributed by atoms with E-state index in [1.807, 2.05) is 0 Å². The van der Waals surface area contributed by atoms with E-state index in [2.05, 4.69) is 4.98 Å². The Kier molecular flexibility index (Phi) is 3.60. The topological polar surface area (TPSA) is 39.9 Å². The minimum Gasteiger partial charge on any atom is -0.370 e. The third-order valence-corrected chi connectivity index (χ3v) is 3.07. The molecule has 0 unspecified atom stereocenters. The van der Waals surface area contributed by atoms with Gasteiger partial charge in [-0.2, -0.15) is 18.4 Å². The van der Waals surface area contributed by atoms with Gasteiger partial charge in [0.2, 0.25) is 0 Å². The van der Waals surface area contributed by atoms with Gasteiger partial charge in [-0.25, -0.2) is 9.37 Å². The summed E-state index contributed by atoms with van der Waals surface area (Å²) in [5, 5.41) is 8.64. The van der Waals surface area contributed by atoms with E-state index in [-0.39, 0.29) is 5.69 Å². The number of halogens is 4. The fourth-order valence-electron chi connectivity index (χ4n) is 2.04. The number of nitriles is 1. The van der Waals surface area contributed by atoms with Crippen molar-refractivity contribution < 1.29 is 17.6 Å². The average Bonchev–Trinajstić information content (AvgIpc) is 2.38. The van der Waals surface area contributed by atoms with E-state index in [4.69, 9.17) is 5.26 Å². The van der Waals surface area contributed by atoms with Gasteiger partial charge in [-0.1, -0.05) is 0 Å². The molecule has 0 spiro atoms. The Morgan fingerprint density at radius 2 is 1.95 bits per heavy atom. The van der Waals surface area contributed by atoms with Crippen molar-refractivity contribution in [2.75, 3.05) is 18.0 Å². The second-order valence-corrected chi connectivity index (χ2v) is 4.36. The fraction of sp³-hybridized carbons (Fsp3) is 0.500. The molecule has 0 N–H and O–H groups in total. The molecule has 0 aliphatic carbocycles. The molecule has 3 nitrogen and oxygen atoms in total. The van der Waals surface area contributed by atoms with Crippen molar-refractivity contribution in [1.29, 1.82) is 5.26 Å². The summed E-state index contributed by atoms with van der Waals surface area (Å²) in [6.07, 6.45) is -3.70. The zero-order valence-corrected chi connectivity index (χ0v) is 9.91. The van der Waals surface area contributed by atoms with Gasteiger partial charge in [0.15, 0.2) is 5.69 Å². The number of piperidine rings is 1. The molecular weight excluding hydrogens is 262 g/mol. The summed E-state index contributed by atoms with van der Waals surface area (Å²) in [5.74, 6) is 0. The summed E-state index contributed by atoms with van der Waals surface area (Å²) >= 11 is 0. The van der Waals surface area contributed by atoms with Crippen molar-refractivity contribution in [3.8, 4) is 6.07 Å². The minimum atomic E-state index is -4.62. The number of alkyl halides is 4. The molecule has 7 heteroatoms. The van der Waals surface area contributed by atoms with Crippen molar-refractivity contribution in [1.82, 2.24) is 4.98 Å². The largest absolute Gasteiger partial charge is 0.419 e. The first-order valence-electron chi connectivity index (χ1n) is 5.78. The lowest BCUT2D eigenvalue weighted by molar-refractivity contribution is -0.138. The molecule has 0 bridgehead atoms. The van der Waals surface area contributed by atoms with Crippen LogP contribution in [0.4, 0.5) is 23.2 Å². The van der Waals surface area contributed by atoms with Crippen LogP contribution in [0.1, 0.15) is 24.1 Å². The number of hydrogen-bond acceptors (Lipinski definition) is 3. The number of anilines is 1. The monoisotopic (exact) mass is 273 g/mol. The Labute approximate surface area is 107 Å². The summed E-state index contributed by atoms with van der Waals surface area (Å²) in [6.45, 7) is 0.706. The highest BCUT2D eigenvalue weighted by atomic mass is 19.4. The second kappa shape index (κ2) is 5.03. The highest BCUT2D eigenvalue weighted by molar-refractivity contribution is 5.51. The summed E-state index contributed by atoms with van der Waals surface area (Å²) < 4.78 is 51.3. The molecule has 1 aliphatic heterocycles. The third kappa shape index (κ3) is 2.95. The molecule has 1 aliphatic rings. The maximum absolute atomic E-state index is 13.0. The Morgan fingerprint density at radius 1 is 1.32 bits per heavy atom. The van der Waals surface area contributed by atoms with Gasteiger partial charge in [0.1, 0.15) is 12.2 Å². The molecule has 19 heavy (non-hydrogen) atoms. The van der Waals surface area contributed by atoms with E-state index in [1.165, 1.54) is 12.3 Å². The van der Waals surface area contributed by atoms with Crippen molar-refractivity contribution in [3.63, 3.8) is 0 Å². The molecule has 0 atom stereocenters. The van der Waals surface area contributed by atoms with E-state index >= 15 is 0 Å². The van der Waals surface area contributed by atoms with Crippen molar-refractivity contribution >= 4 is 5.69 Å². The molecule has 0 radical (unpaired) electrons. The molecule has 0 aromatic carbocycles. The van der Waals surface area contributed by atoms with Crippen LogP contribution in [0.25, 0.3) is 0 Å². The minimum absolute atomic E-state index is 0.276. The van der Waals surface area contributed by atoms with Gasteiger partial charge in [-0.3, -0.25) is 0 Å². The smallest absolute Gasteiger partial charge is 0.370 e. The highest BCUT2D eigenvalue weighted by Crippen LogP contribution is 2.34. The van der Waals surface area contributed by atoms with E-state index in [0.29, 0.717) is 25.9 Å². The first-order valence-corrected chi connectivity index (χ1v) is 5.78. The van der Waals surface area contributed by atoms with Crippen LogP contribution < -0.4 is 4.90 Å². The van der Waals surface area contributed by atoms with Crippen molar-refractivity contribution in [2.45, 2.75) is 25.2 Å². The van der Waals surface area contributed by atoms with Gasteiger partial charge >= 0.3 is 6.18 Å². The first-order chi connectivity index (χ1) is 8.91. The predicted octanol–water partition coefficient (Wildman–Crippen LogP) is 2.91. The van der Waals surface area contributed by atoms with E-state index < -0.39 is 23.6 Å². The molecule has 1 aromatic rings. The number of hydrogen-bond donors (Lipinski definition) is 0. The molecule has 0 amide bonds. The molecule has 2 heterocycles. The lowest BCUT2D eigenvalue weighted by Gasteiger charge is -2.30. The van der Waals surface area contributed by atoms with Crippen LogP contribution in [-0.2, 0) is 6.18 Å². The fourth-order valence-corrected chi connectivity index (χ4v) is 2.04. The number of pyridine rings is 1. The first kappa shape index (κ1) is 13.6. The van der Waals surface area contributed by atoms with Crippen LogP contribution in [0, 0.1) is 11.3 Å². The molecule has 1 aromatic heterocycles. The zero-order chi connectivity index (χ0) is 14.0. The quantitative estimate of drug-likeness (QED) is 0.739. The summed E-state index contributed by atoms with van der Waals surface area (Å²) in [7, 11) is 0. The predicted molar refractivity (Wildman–Crippen MR) is 60.3 cm³/mol. The van der Waals surface area contributed by atoms with Gasteiger partial charge in [0, 0.05) is 13.1 Å². The molecule has 2 rings (SSSR count). The lowest BCUT2D eigenvalue weighted by Crippen LogP contribution is -2.34. The van der Waals surface area contributed by atoms with Crippen molar-refractivity contribution in [3.05, 3.63) is 23.5 Å². The Balaban J connectivity index is 2.31. The third-order valence-electron chi connectivity index (χ3n) is 3.07. The SMILES string of the molecule is N#Cc1ncc(N2CCC(F)CC2)cc1C(F)(F)F. The van der Waals surface area contributed by atoms with Crippen LogP contribution in [0.15, 0.2) is 12.3 Å². The Bertz CT molecular complexity index is 499. The molecule has 1 saturated heterocycles. The summed E-state index contributed by atoms with van der Waals surface area (Å²) in [5.41, 5.74) is -1.41. The molecule has 102 valence electrons. The van der Waals surface area contributed by atoms with Gasteiger partial charge < -0.3 is 4.90 Å². The Morgan fingerprint density at radius 3 is 2.47 bits per heavy atom. The average molecular weight is 273 g/mol. The van der Waals surface area contributed by atoms with Crippen LogP contribution >= 0.6 is 0 Å². The van der Waals surface area contributed by atoms with E-state index in [0.717, 1.165) is 6.07 Å². The van der Waals surface area contributed by atoms with E-state index in [9.17, 15) is 17.6 Å². The lowest BCUT2D eigenvalue weighted by atomic mass is 10.1. The second-order valence-electron chi connectivity index (χ2n) is 4.36. The summed E-state index contributed by atoms with van der Waals surface area (Å²) in [6, 6.07) is 2.34. The molecule has 0 saturated carbocycles. The van der Waals surface area contributed by atoms with Crippen LogP contribution in [-0.4, -0.2) is 24.2 Å². The van der Waals surface area contributed by atoms with Gasteiger partial charge in [0.05, 0.1) is 17.4 Å². The highest BCUT2D eigenvalue weighted by Gasteiger charge is 2.35. The maximum atomic E-state index is 13.0. The maximum Gasteiger partial charge on any atom is 0.419 e. The molecule has 1 fully saturated rings. The number of aromatic nitrogens is 1. The summed E-state index contributed by atoms with van der Waals surface area (Å²) in [4.78, 5) is 5.19. The Hall–Kier alpha value is -1.84.